The van der Waals surface area contributed by atoms with Gasteiger partial charge in [0.2, 0.25) is 0 Å². The fourth-order valence-corrected chi connectivity index (χ4v) is 3.82. The minimum atomic E-state index is -0.861. The molecule has 1 saturated heterocycles. The largest absolute Gasteiger partial charge is 0.492 e. The fraction of sp³-hybridized carbons (Fsp3) is 0.296. The first kappa shape index (κ1) is 24.1. The lowest BCUT2D eigenvalue weighted by Gasteiger charge is -2.31. The molecule has 0 aliphatic carbocycles. The lowest BCUT2D eigenvalue weighted by molar-refractivity contribution is -0.136. The van der Waals surface area contributed by atoms with Crippen molar-refractivity contribution in [3.05, 3.63) is 84.2 Å². The van der Waals surface area contributed by atoms with Crippen molar-refractivity contribution in [1.82, 2.24) is 9.88 Å². The molecule has 0 spiro atoms. The van der Waals surface area contributed by atoms with Crippen molar-refractivity contribution in [3.63, 3.8) is 0 Å². The minimum absolute atomic E-state index is 0.00227. The third kappa shape index (κ3) is 7.46. The predicted octanol–water partition coefficient (Wildman–Crippen LogP) is 4.37. The van der Waals surface area contributed by atoms with Gasteiger partial charge >= 0.3 is 12.1 Å². The summed E-state index contributed by atoms with van der Waals surface area (Å²) in [5, 5.41) is 8.86. The Morgan fingerprint density at radius 2 is 1.60 bits per heavy atom. The predicted molar refractivity (Wildman–Crippen MR) is 129 cm³/mol. The summed E-state index contributed by atoms with van der Waals surface area (Å²) in [6, 6.07) is 18.2. The molecule has 35 heavy (non-hydrogen) atoms. The van der Waals surface area contributed by atoms with Crippen LogP contribution in [0.1, 0.15) is 24.0 Å². The van der Waals surface area contributed by atoms with Crippen molar-refractivity contribution in [2.24, 2.45) is 0 Å². The number of aromatic nitrogens is 1. The van der Waals surface area contributed by atoms with Crippen LogP contribution in [0.5, 0.6) is 17.2 Å². The van der Waals surface area contributed by atoms with Crippen molar-refractivity contribution in [2.45, 2.75) is 31.8 Å². The van der Waals surface area contributed by atoms with Gasteiger partial charge in [0.15, 0.2) is 0 Å². The number of piperidine rings is 1. The number of likely N-dealkylation sites (tertiary alicyclic amines) is 1. The Morgan fingerprint density at radius 3 is 2.26 bits per heavy atom. The Morgan fingerprint density at radius 1 is 0.914 bits per heavy atom. The molecule has 1 aliphatic heterocycles. The van der Waals surface area contributed by atoms with Crippen LogP contribution in [0.2, 0.25) is 0 Å². The molecule has 8 heteroatoms. The highest BCUT2D eigenvalue weighted by atomic mass is 16.6. The SMILES string of the molecule is O=C(O)Cc1ccc(OC2CCN(C(=O)Oc3ccc(CCOc4cccnc4)cc3)CC2)cc1. The summed E-state index contributed by atoms with van der Waals surface area (Å²) in [4.78, 5) is 29.1. The average Bonchev–Trinajstić information content (AvgIpc) is 2.87. The molecule has 1 aliphatic rings. The number of carboxylic acid groups (broad SMARTS) is 1. The van der Waals surface area contributed by atoms with Gasteiger partial charge in [-0.05, 0) is 47.5 Å². The molecule has 1 amide bonds. The van der Waals surface area contributed by atoms with E-state index in [9.17, 15) is 9.59 Å². The highest BCUT2D eigenvalue weighted by Gasteiger charge is 2.25. The number of aliphatic carboxylic acids is 1. The Hall–Kier alpha value is -4.07. The number of hydrogen-bond acceptors (Lipinski definition) is 6. The second kappa shape index (κ2) is 11.9. The maximum Gasteiger partial charge on any atom is 0.415 e. The van der Waals surface area contributed by atoms with Crippen LogP contribution in [-0.2, 0) is 17.6 Å². The Balaban J connectivity index is 1.17. The van der Waals surface area contributed by atoms with Crippen LogP contribution in [0.15, 0.2) is 73.1 Å². The summed E-state index contributed by atoms with van der Waals surface area (Å²) >= 11 is 0. The second-order valence-corrected chi connectivity index (χ2v) is 8.32. The van der Waals surface area contributed by atoms with Gasteiger partial charge in [-0.1, -0.05) is 24.3 Å². The van der Waals surface area contributed by atoms with Crippen molar-refractivity contribution in [3.8, 4) is 17.2 Å². The van der Waals surface area contributed by atoms with Crippen LogP contribution in [0.25, 0.3) is 0 Å². The van der Waals surface area contributed by atoms with Crippen molar-refractivity contribution in [2.75, 3.05) is 19.7 Å². The fourth-order valence-electron chi connectivity index (χ4n) is 3.82. The maximum absolute atomic E-state index is 12.6. The van der Waals surface area contributed by atoms with E-state index in [0.717, 1.165) is 23.3 Å². The number of benzene rings is 2. The first-order valence-corrected chi connectivity index (χ1v) is 11.6. The molecule has 2 heterocycles. The van der Waals surface area contributed by atoms with E-state index in [-0.39, 0.29) is 18.6 Å². The molecule has 2 aromatic carbocycles. The zero-order valence-electron chi connectivity index (χ0n) is 19.3. The van der Waals surface area contributed by atoms with Gasteiger partial charge in [-0.3, -0.25) is 9.78 Å². The van der Waals surface area contributed by atoms with Crippen LogP contribution in [0.3, 0.4) is 0 Å². The van der Waals surface area contributed by atoms with E-state index >= 15 is 0 Å². The number of rotatable bonds is 9. The van der Waals surface area contributed by atoms with Gasteiger partial charge in [0.25, 0.3) is 0 Å². The van der Waals surface area contributed by atoms with Crippen LogP contribution in [0.4, 0.5) is 4.79 Å². The molecular weight excluding hydrogens is 448 g/mol. The van der Waals surface area contributed by atoms with Gasteiger partial charge in [-0.15, -0.1) is 0 Å². The number of carbonyl (C=O) groups excluding carboxylic acids is 1. The number of hydrogen-bond donors (Lipinski definition) is 1. The summed E-state index contributed by atoms with van der Waals surface area (Å²) in [7, 11) is 0. The van der Waals surface area contributed by atoms with Crippen molar-refractivity contribution >= 4 is 12.1 Å². The molecule has 1 aromatic heterocycles. The first-order chi connectivity index (χ1) is 17.0. The zero-order valence-corrected chi connectivity index (χ0v) is 19.3. The maximum atomic E-state index is 12.6. The van der Waals surface area contributed by atoms with Crippen molar-refractivity contribution in [1.29, 1.82) is 0 Å². The number of amides is 1. The number of pyridine rings is 1. The number of ether oxygens (including phenoxy) is 3. The molecule has 0 atom stereocenters. The topological polar surface area (TPSA) is 98.2 Å². The van der Waals surface area contributed by atoms with E-state index in [0.29, 0.717) is 44.0 Å². The number of carbonyl (C=O) groups is 2. The van der Waals surface area contributed by atoms with E-state index in [1.54, 1.807) is 53.7 Å². The second-order valence-electron chi connectivity index (χ2n) is 8.32. The quantitative estimate of drug-likeness (QED) is 0.490. The molecule has 182 valence electrons. The zero-order chi connectivity index (χ0) is 24.5. The van der Waals surface area contributed by atoms with Gasteiger partial charge in [0, 0.05) is 38.5 Å². The number of nitrogens with zero attached hydrogens (tertiary/aromatic N) is 2. The van der Waals surface area contributed by atoms with E-state index < -0.39 is 5.97 Å². The van der Waals surface area contributed by atoms with E-state index in [1.165, 1.54) is 0 Å². The lowest BCUT2D eigenvalue weighted by atomic mass is 10.1. The Kier molecular flexibility index (Phi) is 8.17. The summed E-state index contributed by atoms with van der Waals surface area (Å²) in [5.74, 6) is 1.08. The molecule has 8 nitrogen and oxygen atoms in total. The van der Waals surface area contributed by atoms with E-state index in [1.807, 2.05) is 24.3 Å². The Bertz CT molecular complexity index is 1090. The first-order valence-electron chi connectivity index (χ1n) is 11.6. The minimum Gasteiger partial charge on any atom is -0.492 e. The third-order valence-electron chi connectivity index (χ3n) is 5.70. The molecule has 1 N–H and O–H groups in total. The van der Waals surface area contributed by atoms with E-state index in [4.69, 9.17) is 19.3 Å². The molecule has 0 saturated carbocycles. The van der Waals surface area contributed by atoms with Gasteiger partial charge in [-0.25, -0.2) is 4.79 Å². The monoisotopic (exact) mass is 476 g/mol. The van der Waals surface area contributed by atoms with Crippen LogP contribution in [-0.4, -0.2) is 52.9 Å². The third-order valence-corrected chi connectivity index (χ3v) is 5.70. The smallest absolute Gasteiger partial charge is 0.415 e. The molecule has 3 aromatic rings. The molecular formula is C27H28N2O6. The molecule has 1 fully saturated rings. The highest BCUT2D eigenvalue weighted by Crippen LogP contribution is 2.21. The summed E-state index contributed by atoms with van der Waals surface area (Å²) in [6.45, 7) is 1.63. The summed E-state index contributed by atoms with van der Waals surface area (Å²) in [5.41, 5.74) is 1.82. The van der Waals surface area contributed by atoms with Crippen molar-refractivity contribution < 1.29 is 28.9 Å². The van der Waals surface area contributed by atoms with E-state index in [2.05, 4.69) is 4.98 Å². The van der Waals surface area contributed by atoms with Crippen LogP contribution >= 0.6 is 0 Å². The normalized spacial score (nSPS) is 13.8. The molecule has 0 radical (unpaired) electrons. The molecule has 0 unspecified atom stereocenters. The highest BCUT2D eigenvalue weighted by molar-refractivity contribution is 5.71. The van der Waals surface area contributed by atoms with Gasteiger partial charge in [0.1, 0.15) is 23.4 Å². The van der Waals surface area contributed by atoms with Gasteiger partial charge in [-0.2, -0.15) is 0 Å². The Labute approximate surface area is 204 Å². The van der Waals surface area contributed by atoms with Crippen LogP contribution < -0.4 is 14.2 Å². The average molecular weight is 477 g/mol. The van der Waals surface area contributed by atoms with Crippen LogP contribution in [0, 0.1) is 0 Å². The lowest BCUT2D eigenvalue weighted by Crippen LogP contribution is -2.43. The molecule has 4 rings (SSSR count). The summed E-state index contributed by atoms with van der Waals surface area (Å²) < 4.78 is 17.2. The molecule has 0 bridgehead atoms. The van der Waals surface area contributed by atoms with Gasteiger partial charge in [0.05, 0.1) is 19.2 Å². The standard InChI is InChI=1S/C27H28N2O6/c30-26(31)18-21-5-9-22(10-6-21)34-24-11-15-29(16-12-24)27(32)35-23-7-3-20(4-8-23)13-17-33-25-2-1-14-28-19-25/h1-10,14,19,24H,11-13,15-18H2,(H,30,31). The van der Waals surface area contributed by atoms with Gasteiger partial charge < -0.3 is 24.2 Å². The summed E-state index contributed by atoms with van der Waals surface area (Å²) in [6.07, 6.45) is 5.13. The number of carboxylic acids is 1.